The maximum absolute atomic E-state index is 11.7. The van der Waals surface area contributed by atoms with Gasteiger partial charge in [0.25, 0.3) is 0 Å². The summed E-state index contributed by atoms with van der Waals surface area (Å²) in [6.45, 7) is 6.89. The Balaban J connectivity index is 2.73. The second kappa shape index (κ2) is 6.78. The fraction of sp³-hybridized carbons (Fsp3) is 0.583. The predicted molar refractivity (Wildman–Crippen MR) is 72.7 cm³/mol. The molecule has 6 nitrogen and oxygen atoms in total. The molecule has 18 heavy (non-hydrogen) atoms. The highest BCUT2D eigenvalue weighted by atomic mass is 16.2. The SMILES string of the molecule is CCN(CC(=O)NC(C)C)c1ccnc(NC)n1. The average molecular weight is 251 g/mol. The van der Waals surface area contributed by atoms with E-state index in [2.05, 4.69) is 20.6 Å². The summed E-state index contributed by atoms with van der Waals surface area (Å²) in [5, 5.41) is 5.75. The van der Waals surface area contributed by atoms with Crippen molar-refractivity contribution in [2.24, 2.45) is 0 Å². The molecule has 1 rings (SSSR count). The molecule has 0 saturated heterocycles. The molecule has 1 aromatic heterocycles. The third-order valence-corrected chi connectivity index (χ3v) is 2.35. The number of carbonyl (C=O) groups excluding carboxylic acids is 1. The van der Waals surface area contributed by atoms with Crippen LogP contribution in [0.4, 0.5) is 11.8 Å². The minimum absolute atomic E-state index is 0.00327. The van der Waals surface area contributed by atoms with Crippen LogP contribution in [0.2, 0.25) is 0 Å². The maximum atomic E-state index is 11.7. The molecule has 1 aromatic rings. The van der Waals surface area contributed by atoms with E-state index in [4.69, 9.17) is 0 Å². The van der Waals surface area contributed by atoms with Crippen molar-refractivity contribution < 1.29 is 4.79 Å². The van der Waals surface area contributed by atoms with Crippen LogP contribution in [0.25, 0.3) is 0 Å². The molecule has 0 bridgehead atoms. The van der Waals surface area contributed by atoms with Gasteiger partial charge in [-0.3, -0.25) is 4.79 Å². The number of aromatic nitrogens is 2. The highest BCUT2D eigenvalue weighted by Crippen LogP contribution is 2.11. The number of hydrogen-bond acceptors (Lipinski definition) is 5. The zero-order valence-corrected chi connectivity index (χ0v) is 11.4. The fourth-order valence-electron chi connectivity index (χ4n) is 1.54. The Morgan fingerprint density at radius 3 is 2.78 bits per heavy atom. The predicted octanol–water partition coefficient (Wildman–Crippen LogP) is 0.869. The third-order valence-electron chi connectivity index (χ3n) is 2.35. The van der Waals surface area contributed by atoms with Crippen molar-refractivity contribution in [1.82, 2.24) is 15.3 Å². The van der Waals surface area contributed by atoms with Crippen LogP contribution in [-0.2, 0) is 4.79 Å². The molecule has 0 saturated carbocycles. The maximum Gasteiger partial charge on any atom is 0.239 e. The van der Waals surface area contributed by atoms with Gasteiger partial charge in [-0.15, -0.1) is 0 Å². The van der Waals surface area contributed by atoms with E-state index < -0.39 is 0 Å². The van der Waals surface area contributed by atoms with Crippen molar-refractivity contribution in [1.29, 1.82) is 0 Å². The lowest BCUT2D eigenvalue weighted by atomic mass is 10.3. The number of likely N-dealkylation sites (N-methyl/N-ethyl adjacent to an activating group) is 1. The molecule has 2 N–H and O–H groups in total. The summed E-state index contributed by atoms with van der Waals surface area (Å²) in [6.07, 6.45) is 1.68. The lowest BCUT2D eigenvalue weighted by Gasteiger charge is -2.22. The van der Waals surface area contributed by atoms with Crippen LogP contribution < -0.4 is 15.5 Å². The first-order chi connectivity index (χ1) is 8.56. The van der Waals surface area contributed by atoms with Gasteiger partial charge in [-0.1, -0.05) is 0 Å². The minimum atomic E-state index is -0.00327. The molecule has 6 heteroatoms. The van der Waals surface area contributed by atoms with Crippen LogP contribution in [0.5, 0.6) is 0 Å². The quantitative estimate of drug-likeness (QED) is 0.785. The van der Waals surface area contributed by atoms with Gasteiger partial charge in [0.2, 0.25) is 11.9 Å². The topological polar surface area (TPSA) is 70.2 Å². The van der Waals surface area contributed by atoms with Gasteiger partial charge in [0, 0.05) is 25.8 Å². The first kappa shape index (κ1) is 14.2. The van der Waals surface area contributed by atoms with Crippen molar-refractivity contribution >= 4 is 17.7 Å². The average Bonchev–Trinajstić information content (AvgIpc) is 2.35. The Morgan fingerprint density at radius 1 is 1.50 bits per heavy atom. The standard InChI is InChI=1S/C12H21N5O/c1-5-17(8-11(18)15-9(2)3)10-6-7-14-12(13-4)16-10/h6-7,9H,5,8H2,1-4H3,(H,15,18)(H,13,14,16). The van der Waals surface area contributed by atoms with Gasteiger partial charge in [-0.2, -0.15) is 4.98 Å². The fourth-order valence-corrected chi connectivity index (χ4v) is 1.54. The van der Waals surface area contributed by atoms with Crippen LogP contribution >= 0.6 is 0 Å². The lowest BCUT2D eigenvalue weighted by Crippen LogP contribution is -2.40. The Labute approximate surface area is 108 Å². The zero-order valence-electron chi connectivity index (χ0n) is 11.4. The number of amides is 1. The first-order valence-electron chi connectivity index (χ1n) is 6.12. The number of hydrogen-bond donors (Lipinski definition) is 2. The Kier molecular flexibility index (Phi) is 5.35. The number of nitrogens with one attached hydrogen (secondary N) is 2. The van der Waals surface area contributed by atoms with Crippen LogP contribution in [0.1, 0.15) is 20.8 Å². The highest BCUT2D eigenvalue weighted by molar-refractivity contribution is 5.81. The van der Waals surface area contributed by atoms with E-state index in [1.54, 1.807) is 19.3 Å². The summed E-state index contributed by atoms with van der Waals surface area (Å²) in [6, 6.07) is 1.95. The molecule has 0 atom stereocenters. The van der Waals surface area contributed by atoms with Gasteiger partial charge >= 0.3 is 0 Å². The second-order valence-corrected chi connectivity index (χ2v) is 4.22. The van der Waals surface area contributed by atoms with Crippen molar-refractivity contribution in [3.8, 4) is 0 Å². The van der Waals surface area contributed by atoms with Gasteiger partial charge in [0.05, 0.1) is 6.54 Å². The van der Waals surface area contributed by atoms with E-state index in [1.807, 2.05) is 25.7 Å². The Morgan fingerprint density at radius 2 is 2.22 bits per heavy atom. The molecule has 0 radical (unpaired) electrons. The van der Waals surface area contributed by atoms with E-state index in [-0.39, 0.29) is 11.9 Å². The number of carbonyl (C=O) groups is 1. The Hall–Kier alpha value is -1.85. The first-order valence-corrected chi connectivity index (χ1v) is 6.12. The van der Waals surface area contributed by atoms with Crippen molar-refractivity contribution in [3.63, 3.8) is 0 Å². The van der Waals surface area contributed by atoms with E-state index in [9.17, 15) is 4.79 Å². The summed E-state index contributed by atoms with van der Waals surface area (Å²) in [5.74, 6) is 1.29. The van der Waals surface area contributed by atoms with E-state index in [0.29, 0.717) is 19.0 Å². The van der Waals surface area contributed by atoms with Crippen molar-refractivity contribution in [3.05, 3.63) is 12.3 Å². The summed E-state index contributed by atoms with van der Waals surface area (Å²) < 4.78 is 0. The van der Waals surface area contributed by atoms with Gasteiger partial charge in [0.15, 0.2) is 0 Å². The summed E-state index contributed by atoms with van der Waals surface area (Å²) in [7, 11) is 1.76. The number of rotatable bonds is 6. The summed E-state index contributed by atoms with van der Waals surface area (Å²) in [4.78, 5) is 22.0. The molecular formula is C12H21N5O. The number of anilines is 2. The van der Waals surface area contributed by atoms with Crippen LogP contribution in [-0.4, -0.2) is 42.1 Å². The molecule has 0 aromatic carbocycles. The molecule has 0 aliphatic carbocycles. The van der Waals surface area contributed by atoms with Crippen molar-refractivity contribution in [2.75, 3.05) is 30.4 Å². The molecule has 0 unspecified atom stereocenters. The molecule has 0 fully saturated rings. The molecule has 1 heterocycles. The molecule has 0 spiro atoms. The normalized spacial score (nSPS) is 10.3. The van der Waals surface area contributed by atoms with E-state index >= 15 is 0 Å². The smallest absolute Gasteiger partial charge is 0.239 e. The minimum Gasteiger partial charge on any atom is -0.357 e. The molecule has 0 aliphatic heterocycles. The van der Waals surface area contributed by atoms with Crippen LogP contribution in [0.3, 0.4) is 0 Å². The molecule has 0 aliphatic rings. The lowest BCUT2D eigenvalue weighted by molar-refractivity contribution is -0.120. The molecule has 1 amide bonds. The van der Waals surface area contributed by atoms with E-state index in [0.717, 1.165) is 5.82 Å². The monoisotopic (exact) mass is 251 g/mol. The second-order valence-electron chi connectivity index (χ2n) is 4.22. The summed E-state index contributed by atoms with van der Waals surface area (Å²) >= 11 is 0. The van der Waals surface area contributed by atoms with Gasteiger partial charge < -0.3 is 15.5 Å². The van der Waals surface area contributed by atoms with Crippen molar-refractivity contribution in [2.45, 2.75) is 26.8 Å². The van der Waals surface area contributed by atoms with Gasteiger partial charge in [-0.05, 0) is 26.8 Å². The third kappa shape index (κ3) is 4.20. The zero-order chi connectivity index (χ0) is 13.5. The van der Waals surface area contributed by atoms with Gasteiger partial charge in [-0.25, -0.2) is 4.98 Å². The molecular weight excluding hydrogens is 230 g/mol. The van der Waals surface area contributed by atoms with Crippen LogP contribution in [0.15, 0.2) is 12.3 Å². The largest absolute Gasteiger partial charge is 0.357 e. The highest BCUT2D eigenvalue weighted by Gasteiger charge is 2.12. The van der Waals surface area contributed by atoms with Crippen LogP contribution in [0, 0.1) is 0 Å². The van der Waals surface area contributed by atoms with Gasteiger partial charge in [0.1, 0.15) is 5.82 Å². The number of nitrogens with zero attached hydrogens (tertiary/aromatic N) is 3. The summed E-state index contributed by atoms with van der Waals surface area (Å²) in [5.41, 5.74) is 0. The Bertz CT molecular complexity index is 394. The molecule has 100 valence electrons. The van der Waals surface area contributed by atoms with E-state index in [1.165, 1.54) is 0 Å².